The molecule has 0 saturated carbocycles. The fourth-order valence-corrected chi connectivity index (χ4v) is 4.40. The molecule has 31 heavy (non-hydrogen) atoms. The summed E-state index contributed by atoms with van der Waals surface area (Å²) in [6.45, 7) is 15.1. The largest absolute Gasteiger partial charge is 0.368 e. The van der Waals surface area contributed by atoms with Gasteiger partial charge in [0, 0.05) is 63.7 Å². The lowest BCUT2D eigenvalue weighted by Gasteiger charge is -2.36. The molecule has 0 spiro atoms. The number of hydrogen-bond acceptors (Lipinski definition) is 5. The number of rotatable bonds is 3. The molecule has 0 radical (unpaired) electrons. The highest BCUT2D eigenvalue weighted by molar-refractivity contribution is 5.93. The minimum Gasteiger partial charge on any atom is -0.368 e. The van der Waals surface area contributed by atoms with E-state index in [0.717, 1.165) is 62.0 Å². The molecule has 2 amide bonds. The summed E-state index contributed by atoms with van der Waals surface area (Å²) in [5.41, 5.74) is 6.71. The van der Waals surface area contributed by atoms with Crippen LogP contribution < -0.4 is 20.4 Å². The molecule has 2 fully saturated rings. The van der Waals surface area contributed by atoms with E-state index in [1.54, 1.807) is 0 Å². The van der Waals surface area contributed by atoms with E-state index in [-0.39, 0.29) is 6.03 Å². The molecule has 0 aliphatic carbocycles. The molecule has 166 valence electrons. The number of nitrogens with zero attached hydrogens (tertiary/aromatic N) is 4. The van der Waals surface area contributed by atoms with Crippen LogP contribution in [0.3, 0.4) is 0 Å². The zero-order chi connectivity index (χ0) is 22.0. The van der Waals surface area contributed by atoms with Crippen LogP contribution >= 0.6 is 0 Å². The molecule has 3 heterocycles. The van der Waals surface area contributed by atoms with E-state index in [0.29, 0.717) is 13.1 Å². The van der Waals surface area contributed by atoms with Crippen molar-refractivity contribution in [3.63, 3.8) is 0 Å². The summed E-state index contributed by atoms with van der Waals surface area (Å²) in [7, 11) is 0. The standard InChI is InChI=1S/C24H34N6O/c1-17-13-18(2)15-21(14-17)28-9-11-30(12-10-28)24(31)27-22-16-19(3)20(4)26-23(22)29-7-5-25-6-8-29/h13-16,25H,5-12H2,1-4H3,(H,27,31). The number of piperazine rings is 2. The molecule has 2 saturated heterocycles. The lowest BCUT2D eigenvalue weighted by Crippen LogP contribution is -2.50. The summed E-state index contributed by atoms with van der Waals surface area (Å²) in [6.07, 6.45) is 0. The normalized spacial score (nSPS) is 17.1. The number of carbonyl (C=O) groups is 1. The Morgan fingerprint density at radius 3 is 2.16 bits per heavy atom. The number of aromatic nitrogens is 1. The monoisotopic (exact) mass is 422 g/mol. The van der Waals surface area contributed by atoms with Crippen LogP contribution in [-0.2, 0) is 0 Å². The summed E-state index contributed by atoms with van der Waals surface area (Å²) in [6, 6.07) is 8.66. The summed E-state index contributed by atoms with van der Waals surface area (Å²) in [4.78, 5) is 24.4. The summed E-state index contributed by atoms with van der Waals surface area (Å²) in [5, 5.41) is 6.54. The van der Waals surface area contributed by atoms with Crippen molar-refractivity contribution in [2.24, 2.45) is 0 Å². The molecular weight excluding hydrogens is 388 g/mol. The van der Waals surface area contributed by atoms with Crippen molar-refractivity contribution in [3.8, 4) is 0 Å². The minimum absolute atomic E-state index is 0.0403. The number of hydrogen-bond donors (Lipinski definition) is 2. The second kappa shape index (κ2) is 9.14. The van der Waals surface area contributed by atoms with E-state index in [1.807, 2.05) is 18.7 Å². The molecule has 7 nitrogen and oxygen atoms in total. The highest BCUT2D eigenvalue weighted by Crippen LogP contribution is 2.27. The van der Waals surface area contributed by atoms with Crippen LogP contribution in [0.2, 0.25) is 0 Å². The van der Waals surface area contributed by atoms with Crippen molar-refractivity contribution in [2.75, 3.05) is 67.5 Å². The van der Waals surface area contributed by atoms with Gasteiger partial charge in [0.05, 0.1) is 5.69 Å². The van der Waals surface area contributed by atoms with Gasteiger partial charge in [0.2, 0.25) is 0 Å². The SMILES string of the molecule is Cc1cc(C)cc(N2CCN(C(=O)Nc3cc(C)c(C)nc3N3CCNCC3)CC2)c1. The Morgan fingerprint density at radius 2 is 1.52 bits per heavy atom. The van der Waals surface area contributed by atoms with Crippen LogP contribution in [0.25, 0.3) is 0 Å². The number of aryl methyl sites for hydroxylation is 4. The molecule has 4 rings (SSSR count). The second-order valence-electron chi connectivity index (χ2n) is 8.75. The zero-order valence-electron chi connectivity index (χ0n) is 19.2. The molecule has 2 aliphatic heterocycles. The smallest absolute Gasteiger partial charge is 0.322 e. The number of amides is 2. The first-order valence-corrected chi connectivity index (χ1v) is 11.2. The predicted molar refractivity (Wildman–Crippen MR) is 128 cm³/mol. The van der Waals surface area contributed by atoms with Crippen LogP contribution in [0, 0.1) is 27.7 Å². The molecule has 2 aromatic rings. The number of pyridine rings is 1. The van der Waals surface area contributed by atoms with Crippen molar-refractivity contribution >= 4 is 23.2 Å². The Bertz CT molecular complexity index is 925. The molecule has 2 N–H and O–H groups in total. The first-order chi connectivity index (χ1) is 14.9. The van der Waals surface area contributed by atoms with Crippen molar-refractivity contribution in [1.82, 2.24) is 15.2 Å². The maximum atomic E-state index is 13.1. The van der Waals surface area contributed by atoms with Crippen LogP contribution in [0.15, 0.2) is 24.3 Å². The third-order valence-electron chi connectivity index (χ3n) is 6.24. The van der Waals surface area contributed by atoms with E-state index < -0.39 is 0 Å². The van der Waals surface area contributed by atoms with Crippen LogP contribution in [-0.4, -0.2) is 68.3 Å². The predicted octanol–water partition coefficient (Wildman–Crippen LogP) is 3.08. The quantitative estimate of drug-likeness (QED) is 0.796. The lowest BCUT2D eigenvalue weighted by atomic mass is 10.1. The Labute approximate surface area is 185 Å². The van der Waals surface area contributed by atoms with Gasteiger partial charge in [-0.25, -0.2) is 9.78 Å². The first kappa shape index (κ1) is 21.4. The molecule has 1 aromatic heterocycles. The van der Waals surface area contributed by atoms with Crippen LogP contribution in [0.5, 0.6) is 0 Å². The van der Waals surface area contributed by atoms with Crippen molar-refractivity contribution in [2.45, 2.75) is 27.7 Å². The van der Waals surface area contributed by atoms with E-state index in [4.69, 9.17) is 4.98 Å². The Hall–Kier alpha value is -2.80. The van der Waals surface area contributed by atoms with Gasteiger partial charge in [-0.2, -0.15) is 0 Å². The number of nitrogens with one attached hydrogen (secondary N) is 2. The molecule has 2 aliphatic rings. The number of urea groups is 1. The third-order valence-corrected chi connectivity index (χ3v) is 6.24. The van der Waals surface area contributed by atoms with Gasteiger partial charge < -0.3 is 25.3 Å². The highest BCUT2D eigenvalue weighted by atomic mass is 16.2. The Morgan fingerprint density at radius 1 is 0.871 bits per heavy atom. The first-order valence-electron chi connectivity index (χ1n) is 11.2. The van der Waals surface area contributed by atoms with Crippen molar-refractivity contribution < 1.29 is 4.79 Å². The lowest BCUT2D eigenvalue weighted by molar-refractivity contribution is 0.208. The summed E-state index contributed by atoms with van der Waals surface area (Å²) in [5.74, 6) is 0.881. The average Bonchev–Trinajstić information content (AvgIpc) is 2.76. The van der Waals surface area contributed by atoms with Gasteiger partial charge in [-0.05, 0) is 62.6 Å². The average molecular weight is 423 g/mol. The molecule has 1 aromatic carbocycles. The fourth-order valence-electron chi connectivity index (χ4n) is 4.40. The van der Waals surface area contributed by atoms with Crippen molar-refractivity contribution in [1.29, 1.82) is 0 Å². The second-order valence-corrected chi connectivity index (χ2v) is 8.75. The van der Waals surface area contributed by atoms with Crippen LogP contribution in [0.1, 0.15) is 22.4 Å². The maximum Gasteiger partial charge on any atom is 0.322 e. The topological polar surface area (TPSA) is 63.7 Å². The van der Waals surface area contributed by atoms with Gasteiger partial charge in [0.1, 0.15) is 0 Å². The summed E-state index contributed by atoms with van der Waals surface area (Å²) < 4.78 is 0. The van der Waals surface area contributed by atoms with Gasteiger partial charge in [-0.1, -0.05) is 6.07 Å². The Balaban J connectivity index is 1.44. The zero-order valence-corrected chi connectivity index (χ0v) is 19.2. The number of carbonyl (C=O) groups excluding carboxylic acids is 1. The van der Waals surface area contributed by atoms with E-state index >= 15 is 0 Å². The molecule has 0 bridgehead atoms. The molecular formula is C24H34N6O. The van der Waals surface area contributed by atoms with Gasteiger partial charge in [-0.3, -0.25) is 0 Å². The fraction of sp³-hybridized carbons (Fsp3) is 0.500. The molecule has 0 atom stereocenters. The van der Waals surface area contributed by atoms with E-state index in [9.17, 15) is 4.79 Å². The molecule has 0 unspecified atom stereocenters. The summed E-state index contributed by atoms with van der Waals surface area (Å²) >= 11 is 0. The van der Waals surface area contributed by atoms with Gasteiger partial charge in [-0.15, -0.1) is 0 Å². The van der Waals surface area contributed by atoms with Gasteiger partial charge >= 0.3 is 6.03 Å². The highest BCUT2D eigenvalue weighted by Gasteiger charge is 2.24. The van der Waals surface area contributed by atoms with E-state index in [2.05, 4.69) is 58.5 Å². The van der Waals surface area contributed by atoms with Gasteiger partial charge in [0.25, 0.3) is 0 Å². The third kappa shape index (κ3) is 4.93. The van der Waals surface area contributed by atoms with Crippen molar-refractivity contribution in [3.05, 3.63) is 46.6 Å². The maximum absolute atomic E-state index is 13.1. The van der Waals surface area contributed by atoms with Crippen LogP contribution in [0.4, 0.5) is 22.0 Å². The van der Waals surface area contributed by atoms with E-state index in [1.165, 1.54) is 16.8 Å². The molecule has 7 heteroatoms. The number of benzene rings is 1. The Kier molecular flexibility index (Phi) is 6.32. The number of anilines is 3. The van der Waals surface area contributed by atoms with Gasteiger partial charge in [0.15, 0.2) is 5.82 Å². The minimum atomic E-state index is -0.0403.